The molecule has 1 aliphatic heterocycles. The molecule has 0 atom stereocenters. The molecule has 2 aromatic rings. The molecule has 26 heavy (non-hydrogen) atoms. The summed E-state index contributed by atoms with van der Waals surface area (Å²) in [6.07, 6.45) is 1.69. The average molecular weight is 356 g/mol. The summed E-state index contributed by atoms with van der Waals surface area (Å²) in [6.45, 7) is 4.86. The molecule has 7 nitrogen and oxygen atoms in total. The van der Waals surface area contributed by atoms with Crippen molar-refractivity contribution in [3.05, 3.63) is 35.0 Å². The summed E-state index contributed by atoms with van der Waals surface area (Å²) < 4.78 is 10.6. The number of aryl methyl sites for hydroxylation is 1. The molecule has 0 spiro atoms. The number of benzene rings is 1. The highest BCUT2D eigenvalue weighted by molar-refractivity contribution is 5.96. The first-order valence-electron chi connectivity index (χ1n) is 9.09. The standard InChI is InChI=1S/C19H24N4O3/c1-25-14-3-5-15-13(12-14)2-4-16-17(15)21-22-18(16)19(24)20-6-7-23-8-10-26-11-9-23/h3,5,12H,2,4,6-11H2,1H3,(H,20,24)(H,21,22). The number of nitrogens with zero attached hydrogens (tertiary/aromatic N) is 2. The molecule has 7 heteroatoms. The number of morpholine rings is 1. The second-order valence-corrected chi connectivity index (χ2v) is 6.66. The van der Waals surface area contributed by atoms with Crippen LogP contribution in [0.1, 0.15) is 21.6 Å². The Morgan fingerprint density at radius 3 is 3.00 bits per heavy atom. The molecule has 0 bridgehead atoms. The third kappa shape index (κ3) is 3.32. The number of hydrogen-bond acceptors (Lipinski definition) is 5. The highest BCUT2D eigenvalue weighted by Crippen LogP contribution is 2.35. The topological polar surface area (TPSA) is 79.5 Å². The van der Waals surface area contributed by atoms with Gasteiger partial charge in [-0.15, -0.1) is 0 Å². The van der Waals surface area contributed by atoms with Crippen LogP contribution in [-0.4, -0.2) is 67.5 Å². The minimum atomic E-state index is -0.0797. The predicted molar refractivity (Wildman–Crippen MR) is 97.6 cm³/mol. The molecular weight excluding hydrogens is 332 g/mol. The Bertz CT molecular complexity index is 796. The number of aromatic amines is 1. The molecule has 1 aromatic carbocycles. The van der Waals surface area contributed by atoms with Crippen LogP contribution in [-0.2, 0) is 17.6 Å². The predicted octanol–water partition coefficient (Wildman–Crippen LogP) is 1.25. The monoisotopic (exact) mass is 356 g/mol. The largest absolute Gasteiger partial charge is 0.497 e. The maximum atomic E-state index is 12.6. The van der Waals surface area contributed by atoms with Gasteiger partial charge in [0.2, 0.25) is 0 Å². The summed E-state index contributed by atoms with van der Waals surface area (Å²) in [5.41, 5.74) is 4.76. The number of methoxy groups -OCH3 is 1. The van der Waals surface area contributed by atoms with E-state index in [4.69, 9.17) is 9.47 Å². The molecule has 2 aliphatic rings. The van der Waals surface area contributed by atoms with Crippen LogP contribution >= 0.6 is 0 Å². The Hall–Kier alpha value is -2.38. The Labute approximate surface area is 152 Å². The fourth-order valence-electron chi connectivity index (χ4n) is 3.65. The third-order valence-corrected chi connectivity index (χ3v) is 5.12. The minimum absolute atomic E-state index is 0.0797. The van der Waals surface area contributed by atoms with Crippen LogP contribution in [0, 0.1) is 0 Å². The molecule has 4 rings (SSSR count). The second-order valence-electron chi connectivity index (χ2n) is 6.66. The van der Waals surface area contributed by atoms with E-state index < -0.39 is 0 Å². The van der Waals surface area contributed by atoms with Gasteiger partial charge in [-0.05, 0) is 36.6 Å². The number of hydrogen-bond donors (Lipinski definition) is 2. The minimum Gasteiger partial charge on any atom is -0.497 e. The van der Waals surface area contributed by atoms with Crippen molar-refractivity contribution in [1.29, 1.82) is 0 Å². The van der Waals surface area contributed by atoms with Gasteiger partial charge in [-0.25, -0.2) is 0 Å². The van der Waals surface area contributed by atoms with Gasteiger partial charge in [0.1, 0.15) is 11.4 Å². The van der Waals surface area contributed by atoms with Gasteiger partial charge >= 0.3 is 0 Å². The van der Waals surface area contributed by atoms with Gasteiger partial charge < -0.3 is 14.8 Å². The van der Waals surface area contributed by atoms with Crippen LogP contribution < -0.4 is 10.1 Å². The van der Waals surface area contributed by atoms with E-state index in [-0.39, 0.29) is 5.91 Å². The van der Waals surface area contributed by atoms with Gasteiger partial charge in [0.05, 0.1) is 26.0 Å². The fraction of sp³-hybridized carbons (Fsp3) is 0.474. The summed E-state index contributed by atoms with van der Waals surface area (Å²) in [6, 6.07) is 6.01. The number of carbonyl (C=O) groups is 1. The molecule has 0 radical (unpaired) electrons. The molecule has 1 aromatic heterocycles. The van der Waals surface area contributed by atoms with Gasteiger partial charge in [-0.3, -0.25) is 14.8 Å². The zero-order valence-corrected chi connectivity index (χ0v) is 15.0. The van der Waals surface area contributed by atoms with Crippen molar-refractivity contribution in [1.82, 2.24) is 20.4 Å². The van der Waals surface area contributed by atoms with E-state index in [1.807, 2.05) is 12.1 Å². The number of rotatable bonds is 5. The number of carbonyl (C=O) groups excluding carboxylic acids is 1. The van der Waals surface area contributed by atoms with E-state index in [0.29, 0.717) is 12.2 Å². The maximum Gasteiger partial charge on any atom is 0.269 e. The van der Waals surface area contributed by atoms with E-state index in [1.54, 1.807) is 7.11 Å². The van der Waals surface area contributed by atoms with Crippen molar-refractivity contribution in [2.45, 2.75) is 12.8 Å². The van der Waals surface area contributed by atoms with Gasteiger partial charge in [0.25, 0.3) is 5.91 Å². The van der Waals surface area contributed by atoms with Crippen LogP contribution in [0.3, 0.4) is 0 Å². The lowest BCUT2D eigenvalue weighted by Gasteiger charge is -2.26. The van der Waals surface area contributed by atoms with Crippen molar-refractivity contribution in [3.63, 3.8) is 0 Å². The molecule has 1 amide bonds. The molecule has 0 saturated carbocycles. The van der Waals surface area contributed by atoms with Gasteiger partial charge in [0, 0.05) is 37.3 Å². The van der Waals surface area contributed by atoms with Crippen molar-refractivity contribution in [3.8, 4) is 17.0 Å². The first kappa shape index (κ1) is 17.1. The maximum absolute atomic E-state index is 12.6. The van der Waals surface area contributed by atoms with E-state index in [0.717, 1.165) is 68.3 Å². The summed E-state index contributed by atoms with van der Waals surface area (Å²) in [4.78, 5) is 14.9. The molecule has 0 unspecified atom stereocenters. The SMILES string of the molecule is COc1ccc2c(c1)CCc1c-2n[nH]c1C(=O)NCCN1CCOCC1. The third-order valence-electron chi connectivity index (χ3n) is 5.12. The quantitative estimate of drug-likeness (QED) is 0.843. The highest BCUT2D eigenvalue weighted by atomic mass is 16.5. The molecule has 1 aliphatic carbocycles. The zero-order valence-electron chi connectivity index (χ0n) is 15.0. The van der Waals surface area contributed by atoms with Gasteiger partial charge in [0.15, 0.2) is 0 Å². The first-order chi connectivity index (χ1) is 12.8. The van der Waals surface area contributed by atoms with E-state index in [9.17, 15) is 4.79 Å². The van der Waals surface area contributed by atoms with Crippen molar-refractivity contribution < 1.29 is 14.3 Å². The average Bonchev–Trinajstić information content (AvgIpc) is 3.13. The van der Waals surface area contributed by atoms with Crippen LogP contribution in [0.2, 0.25) is 0 Å². The lowest BCUT2D eigenvalue weighted by Crippen LogP contribution is -2.41. The van der Waals surface area contributed by atoms with Crippen LogP contribution in [0.15, 0.2) is 18.2 Å². The molecule has 1 fully saturated rings. The molecule has 2 heterocycles. The van der Waals surface area contributed by atoms with E-state index in [1.165, 1.54) is 5.56 Å². The summed E-state index contributed by atoms with van der Waals surface area (Å²) in [5.74, 6) is 0.771. The highest BCUT2D eigenvalue weighted by Gasteiger charge is 2.25. The Balaban J connectivity index is 1.44. The Morgan fingerprint density at radius 1 is 1.35 bits per heavy atom. The summed E-state index contributed by atoms with van der Waals surface area (Å²) in [7, 11) is 1.67. The number of H-pyrrole nitrogens is 1. The molecule has 1 saturated heterocycles. The van der Waals surface area contributed by atoms with Crippen molar-refractivity contribution in [2.75, 3.05) is 46.5 Å². The number of ether oxygens (including phenoxy) is 2. The fourth-order valence-corrected chi connectivity index (χ4v) is 3.65. The zero-order chi connectivity index (χ0) is 17.9. The number of aromatic nitrogens is 2. The van der Waals surface area contributed by atoms with Crippen LogP contribution in [0.5, 0.6) is 5.75 Å². The smallest absolute Gasteiger partial charge is 0.269 e. The summed E-state index contributed by atoms with van der Waals surface area (Å²) >= 11 is 0. The molecule has 2 N–H and O–H groups in total. The van der Waals surface area contributed by atoms with Gasteiger partial charge in [-0.2, -0.15) is 5.10 Å². The Kier molecular flexibility index (Phi) is 4.90. The number of nitrogens with one attached hydrogen (secondary N) is 2. The molecular formula is C19H24N4O3. The summed E-state index contributed by atoms with van der Waals surface area (Å²) in [5, 5.41) is 10.4. The lowest BCUT2D eigenvalue weighted by molar-refractivity contribution is 0.0383. The lowest BCUT2D eigenvalue weighted by atomic mass is 9.89. The van der Waals surface area contributed by atoms with Gasteiger partial charge in [-0.1, -0.05) is 0 Å². The number of fused-ring (bicyclic) bond motifs is 3. The second kappa shape index (κ2) is 7.47. The van der Waals surface area contributed by atoms with Crippen LogP contribution in [0.25, 0.3) is 11.3 Å². The van der Waals surface area contributed by atoms with Crippen molar-refractivity contribution >= 4 is 5.91 Å². The first-order valence-corrected chi connectivity index (χ1v) is 9.09. The molecule has 138 valence electrons. The Morgan fingerprint density at radius 2 is 2.19 bits per heavy atom. The van der Waals surface area contributed by atoms with Crippen LogP contribution in [0.4, 0.5) is 0 Å². The van der Waals surface area contributed by atoms with E-state index in [2.05, 4.69) is 26.5 Å². The van der Waals surface area contributed by atoms with Crippen molar-refractivity contribution in [2.24, 2.45) is 0 Å². The van der Waals surface area contributed by atoms with E-state index >= 15 is 0 Å². The number of amides is 1. The normalized spacial score (nSPS) is 16.7.